The van der Waals surface area contributed by atoms with Gasteiger partial charge in [0.25, 0.3) is 0 Å². The Balaban J connectivity index is 1.28. The molecule has 0 bridgehead atoms. The summed E-state index contributed by atoms with van der Waals surface area (Å²) >= 11 is 0. The third-order valence-corrected chi connectivity index (χ3v) is 6.14. The lowest BCUT2D eigenvalue weighted by molar-refractivity contribution is -0.139. The Bertz CT molecular complexity index is 781. The van der Waals surface area contributed by atoms with Crippen molar-refractivity contribution in [1.29, 1.82) is 0 Å². The SMILES string of the molecule is O=C(CCCc1c[nH]c2ccccc12)N1CCCC(O)(CN2CCCC2)C1. The molecule has 0 radical (unpaired) electrons. The molecular formula is C22H31N3O2. The Hall–Kier alpha value is -1.85. The van der Waals surface area contributed by atoms with Gasteiger partial charge in [0, 0.05) is 36.6 Å². The Kier molecular flexibility index (Phi) is 5.50. The van der Waals surface area contributed by atoms with Gasteiger partial charge in [0.05, 0.1) is 12.1 Å². The number of amides is 1. The molecule has 2 saturated heterocycles. The van der Waals surface area contributed by atoms with Crippen molar-refractivity contribution < 1.29 is 9.90 Å². The lowest BCUT2D eigenvalue weighted by Gasteiger charge is -2.41. The standard InChI is InChI=1S/C22H31N3O2/c26-21(10-5-7-18-15-23-20-9-2-1-8-19(18)20)25-14-6-11-22(27,17-25)16-24-12-3-4-13-24/h1-2,8-9,15,23,27H,3-7,10-14,16-17H2. The zero-order valence-electron chi connectivity index (χ0n) is 16.1. The number of fused-ring (bicyclic) bond motifs is 1. The molecule has 2 fully saturated rings. The number of benzene rings is 1. The van der Waals surface area contributed by atoms with Crippen molar-refractivity contribution in [1.82, 2.24) is 14.8 Å². The van der Waals surface area contributed by atoms with Gasteiger partial charge in [-0.15, -0.1) is 0 Å². The van der Waals surface area contributed by atoms with Crippen LogP contribution >= 0.6 is 0 Å². The predicted molar refractivity (Wildman–Crippen MR) is 108 cm³/mol. The van der Waals surface area contributed by atoms with E-state index >= 15 is 0 Å². The van der Waals surface area contributed by atoms with Gasteiger partial charge in [0.2, 0.25) is 5.91 Å². The molecule has 2 N–H and O–H groups in total. The fourth-order valence-electron chi connectivity index (χ4n) is 4.74. The third kappa shape index (κ3) is 4.36. The average molecular weight is 370 g/mol. The number of likely N-dealkylation sites (tertiary alicyclic amines) is 2. The van der Waals surface area contributed by atoms with Crippen LogP contribution in [-0.4, -0.2) is 64.1 Å². The molecule has 5 nitrogen and oxygen atoms in total. The van der Waals surface area contributed by atoms with E-state index in [1.54, 1.807) is 0 Å². The normalized spacial score (nSPS) is 24.0. The minimum atomic E-state index is -0.727. The highest BCUT2D eigenvalue weighted by molar-refractivity contribution is 5.83. The maximum Gasteiger partial charge on any atom is 0.222 e. The summed E-state index contributed by atoms with van der Waals surface area (Å²) in [6, 6.07) is 8.30. The van der Waals surface area contributed by atoms with Crippen LogP contribution in [0.1, 0.15) is 44.1 Å². The molecule has 4 rings (SSSR count). The van der Waals surface area contributed by atoms with Gasteiger partial charge in [0.15, 0.2) is 0 Å². The second kappa shape index (κ2) is 8.03. The first-order valence-electron chi connectivity index (χ1n) is 10.4. The topological polar surface area (TPSA) is 59.6 Å². The summed E-state index contributed by atoms with van der Waals surface area (Å²) in [5, 5.41) is 12.3. The molecule has 1 aromatic carbocycles. The number of carbonyl (C=O) groups excluding carboxylic acids is 1. The van der Waals surface area contributed by atoms with E-state index in [-0.39, 0.29) is 5.91 Å². The lowest BCUT2D eigenvalue weighted by atomic mass is 9.92. The minimum absolute atomic E-state index is 0.189. The first-order chi connectivity index (χ1) is 13.1. The largest absolute Gasteiger partial charge is 0.387 e. The number of piperidine rings is 1. The molecule has 2 aliphatic rings. The number of para-hydroxylation sites is 1. The van der Waals surface area contributed by atoms with Gasteiger partial charge in [-0.2, -0.15) is 0 Å². The van der Waals surface area contributed by atoms with Crippen molar-refractivity contribution in [3.05, 3.63) is 36.0 Å². The maximum atomic E-state index is 12.7. The predicted octanol–water partition coefficient (Wildman–Crippen LogP) is 2.94. The number of nitrogens with zero attached hydrogens (tertiary/aromatic N) is 2. The summed E-state index contributed by atoms with van der Waals surface area (Å²) < 4.78 is 0. The summed E-state index contributed by atoms with van der Waals surface area (Å²) in [7, 11) is 0. The first kappa shape index (κ1) is 18.5. The number of aryl methyl sites for hydroxylation is 1. The van der Waals surface area contributed by atoms with Gasteiger partial charge in [-0.1, -0.05) is 18.2 Å². The van der Waals surface area contributed by atoms with Crippen LogP contribution in [0.15, 0.2) is 30.5 Å². The van der Waals surface area contributed by atoms with Crippen LogP contribution in [0.3, 0.4) is 0 Å². The zero-order chi connectivity index (χ0) is 18.7. The molecule has 3 heterocycles. The van der Waals surface area contributed by atoms with Crippen molar-refractivity contribution in [3.63, 3.8) is 0 Å². The quantitative estimate of drug-likeness (QED) is 0.823. The van der Waals surface area contributed by atoms with Gasteiger partial charge in [-0.3, -0.25) is 4.79 Å². The fraction of sp³-hybridized carbons (Fsp3) is 0.591. The van der Waals surface area contributed by atoms with Crippen LogP contribution in [0.4, 0.5) is 0 Å². The molecule has 0 aliphatic carbocycles. The molecule has 1 atom stereocenters. The van der Waals surface area contributed by atoms with Crippen LogP contribution in [0.2, 0.25) is 0 Å². The van der Waals surface area contributed by atoms with E-state index in [0.717, 1.165) is 50.8 Å². The van der Waals surface area contributed by atoms with Crippen LogP contribution < -0.4 is 0 Å². The van der Waals surface area contributed by atoms with Crippen molar-refractivity contribution in [2.24, 2.45) is 0 Å². The lowest BCUT2D eigenvalue weighted by Crippen LogP contribution is -2.55. The highest BCUT2D eigenvalue weighted by Gasteiger charge is 2.36. The average Bonchev–Trinajstić information content (AvgIpc) is 3.31. The number of aliphatic hydroxyl groups is 1. The number of β-amino-alcohol motifs (C(OH)–C–C–N with tert-alkyl or cyclic N) is 1. The number of H-pyrrole nitrogens is 1. The fourth-order valence-corrected chi connectivity index (χ4v) is 4.74. The number of hydrogen-bond donors (Lipinski definition) is 2. The van der Waals surface area contributed by atoms with E-state index in [4.69, 9.17) is 0 Å². The highest BCUT2D eigenvalue weighted by atomic mass is 16.3. The van der Waals surface area contributed by atoms with E-state index in [2.05, 4.69) is 34.3 Å². The molecule has 146 valence electrons. The van der Waals surface area contributed by atoms with Crippen molar-refractivity contribution in [2.45, 2.75) is 50.5 Å². The second-order valence-electron chi connectivity index (χ2n) is 8.34. The summed E-state index contributed by atoms with van der Waals surface area (Å²) in [5.74, 6) is 0.189. The van der Waals surface area contributed by atoms with Crippen LogP contribution in [0, 0.1) is 0 Å². The van der Waals surface area contributed by atoms with Crippen LogP contribution in [0.5, 0.6) is 0 Å². The number of aromatic amines is 1. The van der Waals surface area contributed by atoms with E-state index < -0.39 is 5.60 Å². The zero-order valence-corrected chi connectivity index (χ0v) is 16.1. The van der Waals surface area contributed by atoms with Gasteiger partial charge < -0.3 is 19.9 Å². The molecule has 5 heteroatoms. The number of carbonyl (C=O) groups is 1. The smallest absolute Gasteiger partial charge is 0.222 e. The van der Waals surface area contributed by atoms with Crippen LogP contribution in [0.25, 0.3) is 10.9 Å². The molecule has 2 aromatic rings. The summed E-state index contributed by atoms with van der Waals surface area (Å²) in [6.45, 7) is 4.16. The minimum Gasteiger partial charge on any atom is -0.387 e. The maximum absolute atomic E-state index is 12.7. The third-order valence-electron chi connectivity index (χ3n) is 6.14. The number of nitrogens with one attached hydrogen (secondary N) is 1. The van der Waals surface area contributed by atoms with Gasteiger partial charge >= 0.3 is 0 Å². The highest BCUT2D eigenvalue weighted by Crippen LogP contribution is 2.25. The molecular weight excluding hydrogens is 338 g/mol. The molecule has 1 amide bonds. The summed E-state index contributed by atoms with van der Waals surface area (Å²) in [4.78, 5) is 20.3. The number of rotatable bonds is 6. The molecule has 27 heavy (non-hydrogen) atoms. The van der Waals surface area contributed by atoms with E-state index in [0.29, 0.717) is 19.5 Å². The van der Waals surface area contributed by atoms with Crippen molar-refractivity contribution in [3.8, 4) is 0 Å². The first-order valence-corrected chi connectivity index (χ1v) is 10.4. The van der Waals surface area contributed by atoms with Crippen molar-refractivity contribution in [2.75, 3.05) is 32.7 Å². The van der Waals surface area contributed by atoms with Gasteiger partial charge in [-0.25, -0.2) is 0 Å². The number of aromatic nitrogens is 1. The van der Waals surface area contributed by atoms with Crippen LogP contribution in [-0.2, 0) is 11.2 Å². The Morgan fingerprint density at radius 2 is 1.96 bits per heavy atom. The molecule has 0 spiro atoms. The Morgan fingerprint density at radius 3 is 2.81 bits per heavy atom. The van der Waals surface area contributed by atoms with Gasteiger partial charge in [-0.05, 0) is 63.2 Å². The summed E-state index contributed by atoms with van der Waals surface area (Å²) in [6.07, 6.45) is 8.54. The Morgan fingerprint density at radius 1 is 1.15 bits per heavy atom. The van der Waals surface area contributed by atoms with Gasteiger partial charge in [0.1, 0.15) is 0 Å². The van der Waals surface area contributed by atoms with E-state index in [9.17, 15) is 9.90 Å². The number of hydrogen-bond acceptors (Lipinski definition) is 3. The van der Waals surface area contributed by atoms with E-state index in [1.807, 2.05) is 11.0 Å². The Labute approximate surface area is 161 Å². The van der Waals surface area contributed by atoms with E-state index in [1.165, 1.54) is 23.8 Å². The molecule has 2 aliphatic heterocycles. The van der Waals surface area contributed by atoms with Crippen molar-refractivity contribution >= 4 is 16.8 Å². The molecule has 1 aromatic heterocycles. The monoisotopic (exact) mass is 369 g/mol. The molecule has 0 saturated carbocycles. The summed E-state index contributed by atoms with van der Waals surface area (Å²) in [5.41, 5.74) is 1.71. The molecule has 1 unspecified atom stereocenters. The second-order valence-corrected chi connectivity index (χ2v) is 8.34.